The fourth-order valence-corrected chi connectivity index (χ4v) is 4.89. The number of anilines is 2. The van der Waals surface area contributed by atoms with Gasteiger partial charge in [0.05, 0.1) is 11.4 Å². The molecule has 41 heavy (non-hydrogen) atoms. The number of rotatable bonds is 6. The molecule has 222 valence electrons. The second-order valence-electron chi connectivity index (χ2n) is 10.7. The van der Waals surface area contributed by atoms with Crippen LogP contribution in [0.4, 0.5) is 33.7 Å². The van der Waals surface area contributed by atoms with Gasteiger partial charge in [0.1, 0.15) is 23.1 Å². The van der Waals surface area contributed by atoms with Crippen LogP contribution in [0.2, 0.25) is 0 Å². The van der Waals surface area contributed by atoms with Crippen molar-refractivity contribution in [2.24, 2.45) is 0 Å². The van der Waals surface area contributed by atoms with Crippen LogP contribution in [0.3, 0.4) is 0 Å². The molecule has 2 heterocycles. The first-order chi connectivity index (χ1) is 19.2. The van der Waals surface area contributed by atoms with Crippen LogP contribution in [0.15, 0.2) is 42.5 Å². The highest BCUT2D eigenvalue weighted by Crippen LogP contribution is 2.34. The van der Waals surface area contributed by atoms with Gasteiger partial charge in [-0.15, -0.1) is 13.2 Å². The third kappa shape index (κ3) is 7.39. The molecule has 2 aromatic carbocycles. The SMILES string of the molecule is CN1C(=O)C(NC(=O)C(C)(C)NC(=O)N2CCCCC2)CN(Cc2ccc(OC(F)(F)F)cc2)c2ccc(F)cc21. The molecule has 0 aromatic heterocycles. The molecule has 9 nitrogen and oxygen atoms in total. The van der Waals surface area contributed by atoms with Crippen LogP contribution in [-0.2, 0) is 16.1 Å². The van der Waals surface area contributed by atoms with Crippen molar-refractivity contribution in [3.05, 3.63) is 53.8 Å². The van der Waals surface area contributed by atoms with Gasteiger partial charge in [0, 0.05) is 33.2 Å². The number of carbonyl (C=O) groups excluding carboxylic acids is 3. The minimum atomic E-state index is -4.83. The Hall–Kier alpha value is -4.03. The molecular weight excluding hydrogens is 546 g/mol. The van der Waals surface area contributed by atoms with E-state index in [1.54, 1.807) is 23.6 Å². The molecule has 2 N–H and O–H groups in total. The number of nitrogens with one attached hydrogen (secondary N) is 2. The molecular formula is C28H33F4N5O4. The third-order valence-corrected chi connectivity index (χ3v) is 7.14. The van der Waals surface area contributed by atoms with Crippen molar-refractivity contribution in [2.45, 2.75) is 57.6 Å². The number of ether oxygens (including phenoxy) is 1. The number of fused-ring (bicyclic) bond motifs is 1. The minimum Gasteiger partial charge on any atom is -0.406 e. The molecule has 0 bridgehead atoms. The Morgan fingerprint density at radius 1 is 1.00 bits per heavy atom. The van der Waals surface area contributed by atoms with E-state index in [1.807, 2.05) is 0 Å². The van der Waals surface area contributed by atoms with Gasteiger partial charge in [-0.25, -0.2) is 9.18 Å². The molecule has 2 aliphatic rings. The van der Waals surface area contributed by atoms with E-state index in [0.29, 0.717) is 24.3 Å². The zero-order valence-corrected chi connectivity index (χ0v) is 23.1. The number of halogens is 4. The van der Waals surface area contributed by atoms with Gasteiger partial charge < -0.3 is 30.1 Å². The highest BCUT2D eigenvalue weighted by molar-refractivity contribution is 6.04. The maximum atomic E-state index is 14.2. The van der Waals surface area contributed by atoms with Gasteiger partial charge in [-0.1, -0.05) is 12.1 Å². The van der Waals surface area contributed by atoms with Crippen LogP contribution in [0.25, 0.3) is 0 Å². The number of amides is 4. The average molecular weight is 580 g/mol. The Bertz CT molecular complexity index is 1280. The highest BCUT2D eigenvalue weighted by atomic mass is 19.4. The lowest BCUT2D eigenvalue weighted by Crippen LogP contribution is -2.62. The number of benzene rings is 2. The number of urea groups is 1. The Kier molecular flexibility index (Phi) is 8.64. The summed E-state index contributed by atoms with van der Waals surface area (Å²) in [6, 6.07) is 7.75. The van der Waals surface area contributed by atoms with Gasteiger partial charge in [-0.05, 0) is 69.0 Å². The number of alkyl halides is 3. The van der Waals surface area contributed by atoms with Crippen LogP contribution in [0.5, 0.6) is 5.75 Å². The summed E-state index contributed by atoms with van der Waals surface area (Å²) in [6.07, 6.45) is -2.01. The van der Waals surface area contributed by atoms with Crippen LogP contribution in [0, 0.1) is 5.82 Å². The number of likely N-dealkylation sites (N-methyl/N-ethyl adjacent to an activating group) is 1. The van der Waals surface area contributed by atoms with Crippen LogP contribution in [0.1, 0.15) is 38.7 Å². The van der Waals surface area contributed by atoms with Gasteiger partial charge in [-0.3, -0.25) is 9.59 Å². The Morgan fingerprint density at radius 2 is 1.66 bits per heavy atom. The van der Waals surface area contributed by atoms with Crippen molar-refractivity contribution in [1.29, 1.82) is 0 Å². The quantitative estimate of drug-likeness (QED) is 0.502. The molecule has 4 amide bonds. The molecule has 0 radical (unpaired) electrons. The van der Waals surface area contributed by atoms with E-state index in [0.717, 1.165) is 19.3 Å². The van der Waals surface area contributed by atoms with Crippen molar-refractivity contribution in [3.63, 3.8) is 0 Å². The zero-order chi connectivity index (χ0) is 29.9. The molecule has 1 unspecified atom stereocenters. The fraction of sp³-hybridized carbons (Fsp3) is 0.464. The van der Waals surface area contributed by atoms with E-state index in [4.69, 9.17) is 0 Å². The van der Waals surface area contributed by atoms with Crippen molar-refractivity contribution >= 4 is 29.2 Å². The first-order valence-electron chi connectivity index (χ1n) is 13.3. The number of nitrogens with zero attached hydrogens (tertiary/aromatic N) is 3. The van der Waals surface area contributed by atoms with Crippen molar-refractivity contribution < 1.29 is 36.7 Å². The van der Waals surface area contributed by atoms with Gasteiger partial charge in [0.15, 0.2) is 0 Å². The molecule has 0 aliphatic carbocycles. The lowest BCUT2D eigenvalue weighted by molar-refractivity contribution is -0.274. The van der Waals surface area contributed by atoms with Gasteiger partial charge in [-0.2, -0.15) is 0 Å². The predicted octanol–water partition coefficient (Wildman–Crippen LogP) is 4.17. The van der Waals surface area contributed by atoms with E-state index in [9.17, 15) is 31.9 Å². The van der Waals surface area contributed by atoms with Gasteiger partial charge in [0.2, 0.25) is 5.91 Å². The lowest BCUT2D eigenvalue weighted by Gasteiger charge is -2.33. The first kappa shape index (κ1) is 29.9. The number of piperidine rings is 1. The zero-order valence-electron chi connectivity index (χ0n) is 23.1. The van der Waals surface area contributed by atoms with Crippen molar-refractivity contribution in [1.82, 2.24) is 15.5 Å². The Labute approximate surface area is 235 Å². The number of carbonyl (C=O) groups is 3. The molecule has 1 fully saturated rings. The molecule has 1 saturated heterocycles. The Balaban J connectivity index is 1.55. The third-order valence-electron chi connectivity index (χ3n) is 7.14. The van der Waals surface area contributed by atoms with Crippen LogP contribution < -0.4 is 25.2 Å². The molecule has 0 spiro atoms. The normalized spacial score (nSPS) is 18.0. The monoisotopic (exact) mass is 579 g/mol. The van der Waals surface area contributed by atoms with E-state index in [-0.39, 0.29) is 30.6 Å². The molecule has 13 heteroatoms. The summed E-state index contributed by atoms with van der Waals surface area (Å²) in [5, 5.41) is 5.49. The molecule has 4 rings (SSSR count). The molecule has 2 aliphatic heterocycles. The molecule has 1 atom stereocenters. The second kappa shape index (κ2) is 11.8. The standard InChI is InChI=1S/C28H33F4N5O4/c1-27(2,34-26(40)36-13-5-4-6-14-36)25(39)33-21-17-37(16-18-7-10-20(11-8-18)41-28(30,31)32)22-12-9-19(29)15-23(22)35(3)24(21)38/h7-12,15,21H,4-6,13-14,16-17H2,1-3H3,(H,33,39)(H,34,40). The first-order valence-corrected chi connectivity index (χ1v) is 13.3. The topological polar surface area (TPSA) is 94.2 Å². The molecule has 0 saturated carbocycles. The van der Waals surface area contributed by atoms with Crippen LogP contribution >= 0.6 is 0 Å². The number of hydrogen-bond acceptors (Lipinski definition) is 5. The van der Waals surface area contributed by atoms with Gasteiger partial charge >= 0.3 is 12.4 Å². The molecule has 2 aromatic rings. The van der Waals surface area contributed by atoms with Crippen LogP contribution in [-0.4, -0.2) is 67.4 Å². The predicted molar refractivity (Wildman–Crippen MR) is 144 cm³/mol. The summed E-state index contributed by atoms with van der Waals surface area (Å²) in [7, 11) is 1.47. The van der Waals surface area contributed by atoms with Gasteiger partial charge in [0.25, 0.3) is 5.91 Å². The number of likely N-dealkylation sites (tertiary alicyclic amines) is 1. The maximum Gasteiger partial charge on any atom is 0.573 e. The van der Waals surface area contributed by atoms with E-state index in [2.05, 4.69) is 15.4 Å². The summed E-state index contributed by atoms with van der Waals surface area (Å²) >= 11 is 0. The lowest BCUT2D eigenvalue weighted by atomic mass is 10.0. The summed E-state index contributed by atoms with van der Waals surface area (Å²) in [5.74, 6) is -2.03. The fourth-order valence-electron chi connectivity index (χ4n) is 4.89. The van der Waals surface area contributed by atoms with E-state index in [1.165, 1.54) is 54.4 Å². The largest absolute Gasteiger partial charge is 0.573 e. The van der Waals surface area contributed by atoms with E-state index >= 15 is 0 Å². The smallest absolute Gasteiger partial charge is 0.406 e. The van der Waals surface area contributed by atoms with Crippen molar-refractivity contribution in [3.8, 4) is 5.75 Å². The van der Waals surface area contributed by atoms with Crippen molar-refractivity contribution in [2.75, 3.05) is 36.5 Å². The summed E-state index contributed by atoms with van der Waals surface area (Å²) < 4.78 is 55.9. The second-order valence-corrected chi connectivity index (χ2v) is 10.7. The Morgan fingerprint density at radius 3 is 2.29 bits per heavy atom. The number of hydrogen-bond donors (Lipinski definition) is 2. The maximum absolute atomic E-state index is 14.2. The summed E-state index contributed by atoms with van der Waals surface area (Å²) in [5.41, 5.74) is -0.00246. The minimum absolute atomic E-state index is 0.0233. The average Bonchev–Trinajstić information content (AvgIpc) is 3.00. The summed E-state index contributed by atoms with van der Waals surface area (Å²) in [4.78, 5) is 44.2. The summed E-state index contributed by atoms with van der Waals surface area (Å²) in [6.45, 7) is 4.39. The highest BCUT2D eigenvalue weighted by Gasteiger charge is 2.38. The van der Waals surface area contributed by atoms with E-state index < -0.39 is 35.6 Å².